The third-order valence-corrected chi connectivity index (χ3v) is 2.38. The summed E-state index contributed by atoms with van der Waals surface area (Å²) in [6, 6.07) is 5.44. The van der Waals surface area contributed by atoms with E-state index in [1.165, 1.54) is 13.0 Å². The van der Waals surface area contributed by atoms with E-state index < -0.39 is 23.8 Å². The lowest BCUT2D eigenvalue weighted by Gasteiger charge is -2.09. The highest BCUT2D eigenvalue weighted by Gasteiger charge is 2.13. The van der Waals surface area contributed by atoms with Crippen LogP contribution in [0.2, 0.25) is 0 Å². The number of nitrogens with two attached hydrogens (primary N) is 1. The number of carboxylic acid groups (broad SMARTS) is 1. The quantitative estimate of drug-likeness (QED) is 0.623. The lowest BCUT2D eigenvalue weighted by Crippen LogP contribution is -2.31. The minimum Gasteiger partial charge on any atom is -0.481 e. The van der Waals surface area contributed by atoms with Crippen LogP contribution in [-0.2, 0) is 4.79 Å². The number of primary amides is 1. The Morgan fingerprint density at radius 3 is 2.63 bits per heavy atom. The van der Waals surface area contributed by atoms with Crippen LogP contribution in [0.5, 0.6) is 0 Å². The number of anilines is 1. The average molecular weight is 265 g/mol. The van der Waals surface area contributed by atoms with Gasteiger partial charge in [-0.3, -0.25) is 9.59 Å². The van der Waals surface area contributed by atoms with Crippen molar-refractivity contribution in [3.8, 4) is 0 Å². The average Bonchev–Trinajstić information content (AvgIpc) is 2.34. The predicted octanol–water partition coefficient (Wildman–Crippen LogP) is 0.628. The number of carbonyl (C=O) groups excluding carboxylic acids is 2. The summed E-state index contributed by atoms with van der Waals surface area (Å²) in [4.78, 5) is 33.1. The first-order valence-corrected chi connectivity index (χ1v) is 5.57. The SMILES string of the molecule is CC(CNC(=O)c1cccc(NC(N)=O)c1)C(=O)O. The Bertz CT molecular complexity index is 502. The van der Waals surface area contributed by atoms with Gasteiger partial charge in [-0.1, -0.05) is 13.0 Å². The molecule has 7 nitrogen and oxygen atoms in total. The van der Waals surface area contributed by atoms with E-state index in [0.717, 1.165) is 0 Å². The van der Waals surface area contributed by atoms with Gasteiger partial charge in [-0.2, -0.15) is 0 Å². The second-order valence-electron chi connectivity index (χ2n) is 4.02. The molecule has 0 aliphatic rings. The van der Waals surface area contributed by atoms with Crippen LogP contribution in [0.1, 0.15) is 17.3 Å². The summed E-state index contributed by atoms with van der Waals surface area (Å²) in [5.41, 5.74) is 5.67. The molecule has 1 atom stereocenters. The fraction of sp³-hybridized carbons (Fsp3) is 0.250. The van der Waals surface area contributed by atoms with E-state index in [4.69, 9.17) is 10.8 Å². The summed E-state index contributed by atoms with van der Waals surface area (Å²) in [5, 5.41) is 13.5. The van der Waals surface area contributed by atoms with Crippen LogP contribution < -0.4 is 16.4 Å². The molecule has 5 N–H and O–H groups in total. The van der Waals surface area contributed by atoms with E-state index in [0.29, 0.717) is 11.3 Å². The van der Waals surface area contributed by atoms with Gasteiger partial charge in [0.25, 0.3) is 5.91 Å². The highest BCUT2D eigenvalue weighted by atomic mass is 16.4. The van der Waals surface area contributed by atoms with E-state index in [2.05, 4.69) is 10.6 Å². The summed E-state index contributed by atoms with van der Waals surface area (Å²) < 4.78 is 0. The molecule has 0 aromatic heterocycles. The summed E-state index contributed by atoms with van der Waals surface area (Å²) in [5.74, 6) is -2.07. The third-order valence-electron chi connectivity index (χ3n) is 2.38. The van der Waals surface area contributed by atoms with Crippen molar-refractivity contribution in [1.82, 2.24) is 5.32 Å². The molecule has 7 heteroatoms. The number of carboxylic acids is 1. The number of benzene rings is 1. The maximum atomic E-state index is 11.8. The van der Waals surface area contributed by atoms with Crippen molar-refractivity contribution >= 4 is 23.6 Å². The molecule has 0 aliphatic heterocycles. The number of hydrogen-bond acceptors (Lipinski definition) is 3. The number of carbonyl (C=O) groups is 3. The number of amides is 3. The Kier molecular flexibility index (Phi) is 4.87. The van der Waals surface area contributed by atoms with E-state index >= 15 is 0 Å². The van der Waals surface area contributed by atoms with Gasteiger partial charge in [-0.15, -0.1) is 0 Å². The van der Waals surface area contributed by atoms with Gasteiger partial charge < -0.3 is 21.5 Å². The molecule has 0 heterocycles. The molecule has 0 radical (unpaired) electrons. The van der Waals surface area contributed by atoms with Crippen LogP contribution in [0, 0.1) is 5.92 Å². The molecule has 0 saturated carbocycles. The van der Waals surface area contributed by atoms with E-state index in [9.17, 15) is 14.4 Å². The van der Waals surface area contributed by atoms with E-state index in [-0.39, 0.29) is 6.54 Å². The Hall–Kier alpha value is -2.57. The van der Waals surface area contributed by atoms with Gasteiger partial charge in [-0.25, -0.2) is 4.79 Å². The Balaban J connectivity index is 2.66. The summed E-state index contributed by atoms with van der Waals surface area (Å²) in [7, 11) is 0. The standard InChI is InChI=1S/C12H15N3O4/c1-7(11(17)18)6-14-10(16)8-3-2-4-9(5-8)15-12(13)19/h2-5,7H,6H2,1H3,(H,14,16)(H,17,18)(H3,13,15,19). The largest absolute Gasteiger partial charge is 0.481 e. The lowest BCUT2D eigenvalue weighted by molar-refractivity contribution is -0.140. The van der Waals surface area contributed by atoms with Gasteiger partial charge in [0.1, 0.15) is 0 Å². The van der Waals surface area contributed by atoms with Crippen molar-refractivity contribution in [2.24, 2.45) is 11.7 Å². The number of rotatable bonds is 5. The zero-order valence-electron chi connectivity index (χ0n) is 10.3. The van der Waals surface area contributed by atoms with E-state index in [1.807, 2.05) is 0 Å². The summed E-state index contributed by atoms with van der Waals surface area (Å²) in [6.45, 7) is 1.52. The molecule has 0 bridgehead atoms. The van der Waals surface area contributed by atoms with Crippen LogP contribution in [0.25, 0.3) is 0 Å². The van der Waals surface area contributed by atoms with Gasteiger partial charge in [-0.05, 0) is 18.2 Å². The fourth-order valence-electron chi connectivity index (χ4n) is 1.32. The number of hydrogen-bond donors (Lipinski definition) is 4. The highest BCUT2D eigenvalue weighted by molar-refractivity contribution is 5.96. The van der Waals surface area contributed by atoms with Gasteiger partial charge in [0, 0.05) is 17.8 Å². The van der Waals surface area contributed by atoms with Crippen LogP contribution in [0.15, 0.2) is 24.3 Å². The molecule has 1 unspecified atom stereocenters. The summed E-state index contributed by atoms with van der Waals surface area (Å²) >= 11 is 0. The van der Waals surface area contributed by atoms with Gasteiger partial charge in [0.15, 0.2) is 0 Å². The molecule has 1 aromatic carbocycles. The van der Waals surface area contributed by atoms with Crippen LogP contribution >= 0.6 is 0 Å². The molecule has 0 fully saturated rings. The first kappa shape index (κ1) is 14.5. The Morgan fingerprint density at radius 2 is 2.05 bits per heavy atom. The molecule has 1 aromatic rings. The lowest BCUT2D eigenvalue weighted by atomic mass is 10.1. The van der Waals surface area contributed by atoms with Gasteiger partial charge in [0.05, 0.1) is 5.92 Å². The van der Waals surface area contributed by atoms with Crippen molar-refractivity contribution < 1.29 is 19.5 Å². The molecule has 0 saturated heterocycles. The van der Waals surface area contributed by atoms with Crippen LogP contribution in [0.4, 0.5) is 10.5 Å². The predicted molar refractivity (Wildman–Crippen MR) is 68.8 cm³/mol. The Labute approximate surface area is 109 Å². The van der Waals surface area contributed by atoms with Crippen molar-refractivity contribution in [2.75, 3.05) is 11.9 Å². The Morgan fingerprint density at radius 1 is 1.37 bits per heavy atom. The smallest absolute Gasteiger partial charge is 0.316 e. The first-order chi connectivity index (χ1) is 8.90. The van der Waals surface area contributed by atoms with Crippen molar-refractivity contribution in [2.45, 2.75) is 6.92 Å². The van der Waals surface area contributed by atoms with Gasteiger partial charge in [0.2, 0.25) is 0 Å². The number of nitrogens with one attached hydrogen (secondary N) is 2. The van der Waals surface area contributed by atoms with E-state index in [1.54, 1.807) is 18.2 Å². The maximum Gasteiger partial charge on any atom is 0.316 e. The molecular formula is C12H15N3O4. The minimum atomic E-state index is -0.982. The zero-order chi connectivity index (χ0) is 14.4. The van der Waals surface area contributed by atoms with Crippen molar-refractivity contribution in [1.29, 1.82) is 0 Å². The molecule has 0 aliphatic carbocycles. The van der Waals surface area contributed by atoms with Crippen LogP contribution in [0.3, 0.4) is 0 Å². The minimum absolute atomic E-state index is 0.0294. The van der Waals surface area contributed by atoms with Crippen molar-refractivity contribution in [3.05, 3.63) is 29.8 Å². The summed E-state index contributed by atoms with van der Waals surface area (Å²) in [6.07, 6.45) is 0. The molecule has 102 valence electrons. The highest BCUT2D eigenvalue weighted by Crippen LogP contribution is 2.10. The normalized spacial score (nSPS) is 11.4. The van der Waals surface area contributed by atoms with Crippen molar-refractivity contribution in [3.63, 3.8) is 0 Å². The molecule has 19 heavy (non-hydrogen) atoms. The number of urea groups is 1. The molecule has 1 rings (SSSR count). The molecular weight excluding hydrogens is 250 g/mol. The maximum absolute atomic E-state index is 11.8. The number of aliphatic carboxylic acids is 1. The fourth-order valence-corrected chi connectivity index (χ4v) is 1.32. The topological polar surface area (TPSA) is 122 Å². The third kappa shape index (κ3) is 4.66. The second-order valence-corrected chi connectivity index (χ2v) is 4.02. The molecule has 3 amide bonds. The zero-order valence-corrected chi connectivity index (χ0v) is 10.3. The first-order valence-electron chi connectivity index (χ1n) is 5.57. The van der Waals surface area contributed by atoms with Gasteiger partial charge >= 0.3 is 12.0 Å². The second kappa shape index (κ2) is 6.39. The van der Waals surface area contributed by atoms with Crippen LogP contribution in [-0.4, -0.2) is 29.6 Å². The molecule has 0 spiro atoms. The monoisotopic (exact) mass is 265 g/mol.